The summed E-state index contributed by atoms with van der Waals surface area (Å²) in [5.74, 6) is -0.426. The molecule has 1 aromatic carbocycles. The molecule has 0 unspecified atom stereocenters. The zero-order valence-corrected chi connectivity index (χ0v) is 17.9. The van der Waals surface area contributed by atoms with E-state index in [-0.39, 0.29) is 6.04 Å². The number of nitrogen functional groups attached to an aromatic ring is 1. The zero-order chi connectivity index (χ0) is 20.2. The fraction of sp³-hybridized carbons (Fsp3) is 0.579. The number of halogens is 1. The van der Waals surface area contributed by atoms with Crippen molar-refractivity contribution in [3.05, 3.63) is 27.7 Å². The van der Waals surface area contributed by atoms with E-state index < -0.39 is 17.7 Å². The normalized spacial score (nSPS) is 17.6. The van der Waals surface area contributed by atoms with Crippen molar-refractivity contribution in [3.63, 3.8) is 0 Å². The van der Waals surface area contributed by atoms with Crippen LogP contribution >= 0.6 is 15.9 Å². The third-order valence-corrected chi connectivity index (χ3v) is 4.84. The predicted octanol–water partition coefficient (Wildman–Crippen LogP) is 3.31. The maximum atomic E-state index is 11.9. The molecule has 0 radical (unpaired) electrons. The number of likely N-dealkylation sites (tertiary alicyclic amines) is 1. The summed E-state index contributed by atoms with van der Waals surface area (Å²) in [4.78, 5) is 26.1. The van der Waals surface area contributed by atoms with Crippen LogP contribution in [0, 0.1) is 0 Å². The molecule has 1 heterocycles. The number of nitrogens with one attached hydrogen (secondary N) is 1. The van der Waals surface area contributed by atoms with Gasteiger partial charge in [0.15, 0.2) is 0 Å². The molecule has 3 N–H and O–H groups in total. The van der Waals surface area contributed by atoms with Crippen molar-refractivity contribution in [2.24, 2.45) is 0 Å². The Morgan fingerprint density at radius 3 is 2.70 bits per heavy atom. The van der Waals surface area contributed by atoms with Gasteiger partial charge in [-0.3, -0.25) is 4.90 Å². The van der Waals surface area contributed by atoms with Gasteiger partial charge < -0.3 is 20.5 Å². The Morgan fingerprint density at radius 2 is 2.07 bits per heavy atom. The van der Waals surface area contributed by atoms with Crippen molar-refractivity contribution in [3.8, 4) is 0 Å². The molecule has 0 spiro atoms. The smallest absolute Gasteiger partial charge is 0.407 e. The van der Waals surface area contributed by atoms with E-state index in [9.17, 15) is 9.59 Å². The Balaban J connectivity index is 1.95. The standard InChI is InChI=1S/C19H28BrN3O4/c1-5-26-17(24)14-9-15(20)12(8-16(14)21)10-23-7-6-13(11-23)22-18(25)27-19(2,3)4/h8-9,13H,5-7,10-11,21H2,1-4H3,(H,22,25)/t13-/m1/s1. The van der Waals surface area contributed by atoms with Gasteiger partial charge in [-0.05, 0) is 51.8 Å². The Kier molecular flexibility index (Phi) is 7.11. The van der Waals surface area contributed by atoms with Crippen molar-refractivity contribution in [1.29, 1.82) is 0 Å². The number of nitrogens with two attached hydrogens (primary N) is 1. The first-order valence-corrected chi connectivity index (χ1v) is 9.85. The second kappa shape index (κ2) is 8.93. The summed E-state index contributed by atoms with van der Waals surface area (Å²) in [6.45, 7) is 9.84. The Morgan fingerprint density at radius 1 is 1.37 bits per heavy atom. The minimum atomic E-state index is -0.508. The number of carbonyl (C=O) groups is 2. The van der Waals surface area contributed by atoms with Crippen LogP contribution in [-0.2, 0) is 16.0 Å². The molecule has 27 heavy (non-hydrogen) atoms. The lowest BCUT2D eigenvalue weighted by atomic mass is 10.1. The van der Waals surface area contributed by atoms with Crippen LogP contribution < -0.4 is 11.1 Å². The summed E-state index contributed by atoms with van der Waals surface area (Å²) in [6, 6.07) is 3.55. The molecule has 1 aromatic rings. The van der Waals surface area contributed by atoms with Crippen molar-refractivity contribution >= 4 is 33.7 Å². The topological polar surface area (TPSA) is 93.9 Å². The van der Waals surface area contributed by atoms with Crippen LogP contribution in [0.25, 0.3) is 0 Å². The molecule has 1 saturated heterocycles. The highest BCUT2D eigenvalue weighted by molar-refractivity contribution is 9.10. The van der Waals surface area contributed by atoms with Gasteiger partial charge in [-0.2, -0.15) is 0 Å². The summed E-state index contributed by atoms with van der Waals surface area (Å²) in [5, 5.41) is 2.91. The second-order valence-corrected chi connectivity index (χ2v) is 8.47. The third-order valence-electron chi connectivity index (χ3n) is 4.10. The van der Waals surface area contributed by atoms with E-state index in [2.05, 4.69) is 26.1 Å². The number of ether oxygens (including phenoxy) is 2. The molecule has 0 aliphatic carbocycles. The van der Waals surface area contributed by atoms with Crippen molar-refractivity contribution in [1.82, 2.24) is 10.2 Å². The van der Waals surface area contributed by atoms with Crippen LogP contribution in [0.1, 0.15) is 50.0 Å². The lowest BCUT2D eigenvalue weighted by Gasteiger charge is -2.22. The van der Waals surface area contributed by atoms with Crippen LogP contribution in [0.5, 0.6) is 0 Å². The highest BCUT2D eigenvalue weighted by atomic mass is 79.9. The van der Waals surface area contributed by atoms with E-state index in [0.717, 1.165) is 29.5 Å². The van der Waals surface area contributed by atoms with Crippen LogP contribution in [0.15, 0.2) is 16.6 Å². The number of rotatable bonds is 5. The molecule has 1 atom stereocenters. The molecule has 1 aliphatic rings. The fourth-order valence-corrected chi connectivity index (χ4v) is 3.42. The number of nitrogens with zero attached hydrogens (tertiary/aromatic N) is 1. The molecule has 7 nitrogen and oxygen atoms in total. The van der Waals surface area contributed by atoms with Crippen molar-refractivity contribution in [2.45, 2.75) is 52.3 Å². The quantitative estimate of drug-likeness (QED) is 0.537. The molecular weight excluding hydrogens is 414 g/mol. The highest BCUT2D eigenvalue weighted by Gasteiger charge is 2.26. The Labute approximate surface area is 168 Å². The van der Waals surface area contributed by atoms with Crippen LogP contribution in [0.3, 0.4) is 0 Å². The number of benzene rings is 1. The van der Waals surface area contributed by atoms with Gasteiger partial charge >= 0.3 is 12.1 Å². The summed E-state index contributed by atoms with van der Waals surface area (Å²) < 4.78 is 11.1. The Bertz CT molecular complexity index is 703. The van der Waals surface area contributed by atoms with Gasteiger partial charge in [0.25, 0.3) is 0 Å². The first kappa shape index (κ1) is 21.5. The predicted molar refractivity (Wildman–Crippen MR) is 108 cm³/mol. The summed E-state index contributed by atoms with van der Waals surface area (Å²) in [5.41, 5.74) is 7.27. The number of hydrogen-bond donors (Lipinski definition) is 2. The fourth-order valence-electron chi connectivity index (χ4n) is 2.95. The zero-order valence-electron chi connectivity index (χ0n) is 16.3. The number of carbonyl (C=O) groups excluding carboxylic acids is 2. The number of alkyl carbamates (subject to hydrolysis) is 1. The lowest BCUT2D eigenvalue weighted by Crippen LogP contribution is -2.40. The number of amides is 1. The molecule has 2 rings (SSSR count). The minimum Gasteiger partial charge on any atom is -0.462 e. The van der Waals surface area contributed by atoms with Gasteiger partial charge in [0, 0.05) is 35.8 Å². The molecule has 0 bridgehead atoms. The molecule has 1 aliphatic heterocycles. The van der Waals surface area contributed by atoms with Gasteiger partial charge in [0.05, 0.1) is 12.2 Å². The summed E-state index contributed by atoms with van der Waals surface area (Å²) in [7, 11) is 0. The molecule has 150 valence electrons. The minimum absolute atomic E-state index is 0.0507. The average Bonchev–Trinajstić information content (AvgIpc) is 2.95. The van der Waals surface area contributed by atoms with Crippen LogP contribution in [0.4, 0.5) is 10.5 Å². The van der Waals surface area contributed by atoms with Gasteiger partial charge in [0.2, 0.25) is 0 Å². The molecular formula is C19H28BrN3O4. The molecule has 1 amide bonds. The number of esters is 1. The highest BCUT2D eigenvalue weighted by Crippen LogP contribution is 2.27. The molecule has 8 heteroatoms. The molecule has 0 saturated carbocycles. The van der Waals surface area contributed by atoms with E-state index in [1.165, 1.54) is 0 Å². The summed E-state index contributed by atoms with van der Waals surface area (Å²) in [6.07, 6.45) is 0.464. The third kappa shape index (κ3) is 6.39. The van der Waals surface area contributed by atoms with Gasteiger partial charge in [-0.1, -0.05) is 15.9 Å². The average molecular weight is 442 g/mol. The summed E-state index contributed by atoms with van der Waals surface area (Å²) >= 11 is 3.52. The van der Waals surface area contributed by atoms with Gasteiger partial charge in [-0.25, -0.2) is 9.59 Å². The SMILES string of the molecule is CCOC(=O)c1cc(Br)c(CN2CC[C@@H](NC(=O)OC(C)(C)C)C2)cc1N. The van der Waals surface area contributed by atoms with Crippen molar-refractivity contribution < 1.29 is 19.1 Å². The van der Waals surface area contributed by atoms with Crippen LogP contribution in [-0.4, -0.2) is 48.3 Å². The monoisotopic (exact) mass is 441 g/mol. The number of anilines is 1. The Hall–Kier alpha value is -1.80. The first-order chi connectivity index (χ1) is 12.6. The van der Waals surface area contributed by atoms with Gasteiger partial charge in [0.1, 0.15) is 5.60 Å². The maximum Gasteiger partial charge on any atom is 0.407 e. The maximum absolute atomic E-state index is 11.9. The van der Waals surface area contributed by atoms with E-state index in [4.69, 9.17) is 15.2 Å². The van der Waals surface area contributed by atoms with Crippen molar-refractivity contribution in [2.75, 3.05) is 25.4 Å². The number of hydrogen-bond acceptors (Lipinski definition) is 6. The van der Waals surface area contributed by atoms with Gasteiger partial charge in [-0.15, -0.1) is 0 Å². The molecule has 1 fully saturated rings. The largest absolute Gasteiger partial charge is 0.462 e. The van der Waals surface area contributed by atoms with E-state index >= 15 is 0 Å². The van der Waals surface area contributed by atoms with Crippen LogP contribution in [0.2, 0.25) is 0 Å². The second-order valence-electron chi connectivity index (χ2n) is 7.62. The van der Waals surface area contributed by atoms with E-state index in [0.29, 0.717) is 24.4 Å². The van der Waals surface area contributed by atoms with E-state index in [1.54, 1.807) is 19.1 Å². The lowest BCUT2D eigenvalue weighted by molar-refractivity contribution is 0.0501. The first-order valence-electron chi connectivity index (χ1n) is 9.06. The molecule has 0 aromatic heterocycles. The van der Waals surface area contributed by atoms with E-state index in [1.807, 2.05) is 20.8 Å².